The highest BCUT2D eigenvalue weighted by atomic mass is 16.7. The van der Waals surface area contributed by atoms with Gasteiger partial charge in [0, 0.05) is 6.42 Å². The molecule has 0 radical (unpaired) electrons. The van der Waals surface area contributed by atoms with E-state index >= 15 is 0 Å². The molecule has 0 aromatic rings. The van der Waals surface area contributed by atoms with Crippen LogP contribution in [0.2, 0.25) is 0 Å². The molecule has 74 valence electrons. The van der Waals surface area contributed by atoms with E-state index in [2.05, 4.69) is 6.92 Å². The first-order valence-electron chi connectivity index (χ1n) is 4.84. The van der Waals surface area contributed by atoms with E-state index in [-0.39, 0.29) is 12.0 Å². The molecule has 0 aromatic carbocycles. The van der Waals surface area contributed by atoms with Crippen molar-refractivity contribution in [2.24, 2.45) is 11.8 Å². The van der Waals surface area contributed by atoms with Crippen molar-refractivity contribution in [3.05, 3.63) is 0 Å². The molecule has 3 nitrogen and oxygen atoms in total. The van der Waals surface area contributed by atoms with Crippen LogP contribution in [0.4, 0.5) is 0 Å². The highest BCUT2D eigenvalue weighted by Gasteiger charge is 2.47. The van der Waals surface area contributed by atoms with Gasteiger partial charge in [-0.15, -0.1) is 0 Å². The van der Waals surface area contributed by atoms with E-state index < -0.39 is 5.79 Å². The highest BCUT2D eigenvalue weighted by molar-refractivity contribution is 5.84. The summed E-state index contributed by atoms with van der Waals surface area (Å²) >= 11 is 0. The number of carbonyl (C=O) groups is 1. The van der Waals surface area contributed by atoms with Gasteiger partial charge in [-0.3, -0.25) is 4.79 Å². The maximum Gasteiger partial charge on any atom is 0.163 e. The van der Waals surface area contributed by atoms with Crippen molar-refractivity contribution in [2.75, 3.05) is 6.61 Å². The topological polar surface area (TPSA) is 35.5 Å². The van der Waals surface area contributed by atoms with Crippen molar-refractivity contribution in [1.29, 1.82) is 0 Å². The maximum absolute atomic E-state index is 11.5. The molecular weight excluding hydrogens is 168 g/mol. The van der Waals surface area contributed by atoms with Crippen molar-refractivity contribution in [3.8, 4) is 0 Å². The van der Waals surface area contributed by atoms with Gasteiger partial charge in [-0.1, -0.05) is 6.92 Å². The van der Waals surface area contributed by atoms with Gasteiger partial charge in [0.25, 0.3) is 0 Å². The third-order valence-corrected chi connectivity index (χ3v) is 2.92. The Morgan fingerprint density at radius 1 is 1.46 bits per heavy atom. The zero-order chi connectivity index (χ0) is 9.64. The lowest BCUT2D eigenvalue weighted by Gasteiger charge is -2.38. The Hall–Kier alpha value is -0.410. The van der Waals surface area contributed by atoms with E-state index in [0.717, 1.165) is 0 Å². The normalized spacial score (nSPS) is 43.3. The molecule has 0 N–H and O–H groups in total. The third kappa shape index (κ3) is 1.51. The zero-order valence-corrected chi connectivity index (χ0v) is 8.37. The second-order valence-electron chi connectivity index (χ2n) is 4.55. The minimum absolute atomic E-state index is 0.0111. The smallest absolute Gasteiger partial charge is 0.163 e. The molecule has 2 rings (SSSR count). The summed E-state index contributed by atoms with van der Waals surface area (Å²) in [5.74, 6) is 0.122. The van der Waals surface area contributed by atoms with Crippen molar-refractivity contribution < 1.29 is 14.3 Å². The van der Waals surface area contributed by atoms with E-state index in [9.17, 15) is 4.79 Å². The number of Topliss-reactive ketones (excluding diaryl/α,β-unsaturated/α-hetero) is 1. The van der Waals surface area contributed by atoms with Crippen LogP contribution in [0, 0.1) is 11.8 Å². The van der Waals surface area contributed by atoms with Crippen molar-refractivity contribution >= 4 is 5.78 Å². The molecule has 0 aromatic heterocycles. The fraction of sp³-hybridized carbons (Fsp3) is 0.900. The Morgan fingerprint density at radius 3 is 2.85 bits per heavy atom. The SMILES string of the molecule is C[C@H]1CC(=O)[C@H]2COC(C)(C)O[C@H]21. The first-order valence-corrected chi connectivity index (χ1v) is 4.84. The average molecular weight is 184 g/mol. The van der Waals surface area contributed by atoms with Gasteiger partial charge in [-0.2, -0.15) is 0 Å². The zero-order valence-electron chi connectivity index (χ0n) is 8.37. The van der Waals surface area contributed by atoms with Crippen LogP contribution in [0.15, 0.2) is 0 Å². The molecule has 2 fully saturated rings. The number of hydrogen-bond donors (Lipinski definition) is 0. The Balaban J connectivity index is 2.15. The molecule has 0 spiro atoms. The van der Waals surface area contributed by atoms with Crippen molar-refractivity contribution in [3.63, 3.8) is 0 Å². The molecule has 0 unspecified atom stereocenters. The minimum Gasteiger partial charge on any atom is -0.350 e. The van der Waals surface area contributed by atoms with Gasteiger partial charge < -0.3 is 9.47 Å². The standard InChI is InChI=1S/C10H16O3/c1-6-4-8(11)7-5-12-10(2,3)13-9(6)7/h6-7,9H,4-5H2,1-3H3/t6-,7+,9-/m0/s1. The summed E-state index contributed by atoms with van der Waals surface area (Å²) in [7, 11) is 0. The molecule has 1 heterocycles. The molecule has 3 heteroatoms. The van der Waals surface area contributed by atoms with Crippen LogP contribution < -0.4 is 0 Å². The van der Waals surface area contributed by atoms with Crippen LogP contribution in [-0.2, 0) is 14.3 Å². The lowest BCUT2D eigenvalue weighted by atomic mass is 10.0. The number of rotatable bonds is 0. The van der Waals surface area contributed by atoms with Crippen LogP contribution in [-0.4, -0.2) is 24.3 Å². The van der Waals surface area contributed by atoms with E-state index in [1.165, 1.54) is 0 Å². The van der Waals surface area contributed by atoms with E-state index in [1.54, 1.807) is 0 Å². The number of ether oxygens (including phenoxy) is 2. The molecule has 3 atom stereocenters. The lowest BCUT2D eigenvalue weighted by Crippen LogP contribution is -2.46. The summed E-state index contributed by atoms with van der Waals surface area (Å²) in [6.45, 7) is 6.41. The second-order valence-corrected chi connectivity index (χ2v) is 4.55. The molecule has 1 aliphatic heterocycles. The first kappa shape index (κ1) is 9.16. The third-order valence-electron chi connectivity index (χ3n) is 2.92. The van der Waals surface area contributed by atoms with Gasteiger partial charge >= 0.3 is 0 Å². The van der Waals surface area contributed by atoms with Gasteiger partial charge in [0.15, 0.2) is 5.79 Å². The van der Waals surface area contributed by atoms with Gasteiger partial charge in [0.1, 0.15) is 5.78 Å². The van der Waals surface area contributed by atoms with Crippen LogP contribution in [0.5, 0.6) is 0 Å². The second kappa shape index (κ2) is 2.79. The molecular formula is C10H16O3. The molecule has 1 aliphatic carbocycles. The summed E-state index contributed by atoms with van der Waals surface area (Å²) < 4.78 is 11.2. The molecule has 13 heavy (non-hydrogen) atoms. The summed E-state index contributed by atoms with van der Waals surface area (Å²) in [6.07, 6.45) is 0.727. The van der Waals surface area contributed by atoms with Crippen LogP contribution in [0.1, 0.15) is 27.2 Å². The number of fused-ring (bicyclic) bond motifs is 1. The largest absolute Gasteiger partial charge is 0.350 e. The highest BCUT2D eigenvalue weighted by Crippen LogP contribution is 2.38. The van der Waals surface area contributed by atoms with Crippen molar-refractivity contribution in [1.82, 2.24) is 0 Å². The Bertz CT molecular complexity index is 234. The Labute approximate surface area is 78.4 Å². The lowest BCUT2D eigenvalue weighted by molar-refractivity contribution is -0.289. The summed E-state index contributed by atoms with van der Waals surface area (Å²) in [4.78, 5) is 11.5. The summed E-state index contributed by atoms with van der Waals surface area (Å²) in [5, 5.41) is 0. The Morgan fingerprint density at radius 2 is 2.15 bits per heavy atom. The number of hydrogen-bond acceptors (Lipinski definition) is 3. The minimum atomic E-state index is -0.514. The maximum atomic E-state index is 11.5. The van der Waals surface area contributed by atoms with E-state index in [1.807, 2.05) is 13.8 Å². The first-order chi connectivity index (χ1) is 5.99. The molecule has 0 bridgehead atoms. The average Bonchev–Trinajstić information content (AvgIpc) is 2.26. The predicted molar refractivity (Wildman–Crippen MR) is 47.2 cm³/mol. The van der Waals surface area contributed by atoms with E-state index in [0.29, 0.717) is 24.7 Å². The Kier molecular flexibility index (Phi) is 1.96. The van der Waals surface area contributed by atoms with Crippen LogP contribution >= 0.6 is 0 Å². The number of ketones is 1. The van der Waals surface area contributed by atoms with Gasteiger partial charge in [0.05, 0.1) is 18.6 Å². The monoisotopic (exact) mass is 184 g/mol. The van der Waals surface area contributed by atoms with E-state index in [4.69, 9.17) is 9.47 Å². The molecule has 1 saturated carbocycles. The van der Waals surface area contributed by atoms with Crippen LogP contribution in [0.25, 0.3) is 0 Å². The van der Waals surface area contributed by atoms with Gasteiger partial charge in [-0.25, -0.2) is 0 Å². The summed E-state index contributed by atoms with van der Waals surface area (Å²) in [5.41, 5.74) is 0. The van der Waals surface area contributed by atoms with Gasteiger partial charge in [0.2, 0.25) is 0 Å². The summed E-state index contributed by atoms with van der Waals surface area (Å²) in [6, 6.07) is 0. The predicted octanol–water partition coefficient (Wildman–Crippen LogP) is 1.36. The van der Waals surface area contributed by atoms with Gasteiger partial charge in [-0.05, 0) is 19.8 Å². The fourth-order valence-electron chi connectivity index (χ4n) is 2.20. The molecule has 1 saturated heterocycles. The molecule has 2 aliphatic rings. The fourth-order valence-corrected chi connectivity index (χ4v) is 2.20. The van der Waals surface area contributed by atoms with Crippen molar-refractivity contribution in [2.45, 2.75) is 39.1 Å². The number of carbonyl (C=O) groups excluding carboxylic acids is 1. The molecule has 0 amide bonds. The quantitative estimate of drug-likeness (QED) is 0.570. The van der Waals surface area contributed by atoms with Crippen LogP contribution in [0.3, 0.4) is 0 Å².